The molecule has 0 saturated carbocycles. The molecular formula is C18H22N2. The van der Waals surface area contributed by atoms with E-state index in [2.05, 4.69) is 61.3 Å². The monoisotopic (exact) mass is 266 g/mol. The Morgan fingerprint density at radius 1 is 1.15 bits per heavy atom. The number of benzene rings is 1. The first kappa shape index (κ1) is 13.3. The van der Waals surface area contributed by atoms with Gasteiger partial charge in [0, 0.05) is 12.1 Å². The van der Waals surface area contributed by atoms with Crippen molar-refractivity contribution in [1.29, 1.82) is 0 Å². The van der Waals surface area contributed by atoms with Crippen molar-refractivity contribution < 1.29 is 0 Å². The molecule has 0 spiro atoms. The normalized spacial score (nSPS) is 19.4. The molecule has 2 nitrogen and oxygen atoms in total. The fourth-order valence-electron chi connectivity index (χ4n) is 2.98. The minimum Gasteiger partial charge on any atom is -0.298 e. The number of aryl methyl sites for hydroxylation is 1. The predicted molar refractivity (Wildman–Crippen MR) is 82.8 cm³/mol. The standard InChI is InChI=1S/C18H22N2/c1-14-8-10-15(11-9-14)13-16-5-3-6-17(19-16)18-7-4-12-20(18)2/h3,5-6,8-11,18H,4,7,12-13H2,1-2H3. The molecule has 1 aliphatic rings. The van der Waals surface area contributed by atoms with Gasteiger partial charge in [0.2, 0.25) is 0 Å². The number of aromatic nitrogens is 1. The summed E-state index contributed by atoms with van der Waals surface area (Å²) >= 11 is 0. The first-order chi connectivity index (χ1) is 9.72. The van der Waals surface area contributed by atoms with Gasteiger partial charge in [-0.1, -0.05) is 35.9 Å². The number of pyridine rings is 1. The zero-order valence-electron chi connectivity index (χ0n) is 12.3. The second kappa shape index (κ2) is 5.76. The minimum atomic E-state index is 0.507. The number of hydrogen-bond acceptors (Lipinski definition) is 2. The maximum absolute atomic E-state index is 4.88. The van der Waals surface area contributed by atoms with E-state index in [1.54, 1.807) is 0 Å². The van der Waals surface area contributed by atoms with Gasteiger partial charge in [0.25, 0.3) is 0 Å². The molecular weight excluding hydrogens is 244 g/mol. The highest BCUT2D eigenvalue weighted by molar-refractivity contribution is 5.26. The van der Waals surface area contributed by atoms with Crippen LogP contribution in [0.25, 0.3) is 0 Å². The molecule has 0 bridgehead atoms. The Bertz CT molecular complexity index is 574. The Balaban J connectivity index is 1.79. The summed E-state index contributed by atoms with van der Waals surface area (Å²) in [6.45, 7) is 3.31. The molecule has 1 unspecified atom stereocenters. The summed E-state index contributed by atoms with van der Waals surface area (Å²) in [5, 5.41) is 0. The van der Waals surface area contributed by atoms with Gasteiger partial charge in [-0.2, -0.15) is 0 Å². The molecule has 2 heterocycles. The molecule has 1 aliphatic heterocycles. The summed E-state index contributed by atoms with van der Waals surface area (Å²) in [4.78, 5) is 7.30. The number of rotatable bonds is 3. The molecule has 1 aromatic heterocycles. The van der Waals surface area contributed by atoms with Crippen LogP contribution in [0.2, 0.25) is 0 Å². The smallest absolute Gasteiger partial charge is 0.0578 e. The van der Waals surface area contributed by atoms with Crippen molar-refractivity contribution in [2.75, 3.05) is 13.6 Å². The third-order valence-electron chi connectivity index (χ3n) is 4.20. The van der Waals surface area contributed by atoms with Crippen molar-refractivity contribution in [2.45, 2.75) is 32.2 Å². The summed E-state index contributed by atoms with van der Waals surface area (Å²) in [5.74, 6) is 0. The molecule has 0 amide bonds. The first-order valence-electron chi connectivity index (χ1n) is 7.44. The lowest BCUT2D eigenvalue weighted by Crippen LogP contribution is -2.18. The lowest BCUT2D eigenvalue weighted by molar-refractivity contribution is 0.311. The SMILES string of the molecule is Cc1ccc(Cc2cccc(C3CCCN3C)n2)cc1. The quantitative estimate of drug-likeness (QED) is 0.841. The van der Waals surface area contributed by atoms with E-state index in [9.17, 15) is 0 Å². The summed E-state index contributed by atoms with van der Waals surface area (Å²) < 4.78 is 0. The van der Waals surface area contributed by atoms with Gasteiger partial charge in [-0.05, 0) is 51.1 Å². The Morgan fingerprint density at radius 2 is 1.95 bits per heavy atom. The summed E-state index contributed by atoms with van der Waals surface area (Å²) in [7, 11) is 2.20. The number of hydrogen-bond donors (Lipinski definition) is 0. The lowest BCUT2D eigenvalue weighted by atomic mass is 10.1. The Labute approximate surface area is 121 Å². The highest BCUT2D eigenvalue weighted by Crippen LogP contribution is 2.29. The van der Waals surface area contributed by atoms with Crippen LogP contribution in [-0.2, 0) is 6.42 Å². The van der Waals surface area contributed by atoms with Gasteiger partial charge in [0.05, 0.1) is 11.7 Å². The molecule has 1 aromatic carbocycles. The number of nitrogens with zero attached hydrogens (tertiary/aromatic N) is 2. The third kappa shape index (κ3) is 2.91. The van der Waals surface area contributed by atoms with Crippen LogP contribution < -0.4 is 0 Å². The minimum absolute atomic E-state index is 0.507. The fourth-order valence-corrected chi connectivity index (χ4v) is 2.98. The Kier molecular flexibility index (Phi) is 3.83. The van der Waals surface area contributed by atoms with Crippen molar-refractivity contribution in [3.63, 3.8) is 0 Å². The van der Waals surface area contributed by atoms with E-state index in [0.717, 1.165) is 6.42 Å². The van der Waals surface area contributed by atoms with E-state index < -0.39 is 0 Å². The van der Waals surface area contributed by atoms with Crippen molar-refractivity contribution in [3.8, 4) is 0 Å². The Hall–Kier alpha value is -1.67. The Morgan fingerprint density at radius 3 is 2.65 bits per heavy atom. The molecule has 0 N–H and O–H groups in total. The van der Waals surface area contributed by atoms with E-state index in [0.29, 0.717) is 6.04 Å². The van der Waals surface area contributed by atoms with Crippen LogP contribution >= 0.6 is 0 Å². The first-order valence-corrected chi connectivity index (χ1v) is 7.44. The van der Waals surface area contributed by atoms with Gasteiger partial charge < -0.3 is 0 Å². The molecule has 1 fully saturated rings. The maximum atomic E-state index is 4.88. The van der Waals surface area contributed by atoms with Crippen LogP contribution in [0.1, 0.15) is 41.4 Å². The molecule has 0 radical (unpaired) electrons. The van der Waals surface area contributed by atoms with Crippen LogP contribution in [0.5, 0.6) is 0 Å². The van der Waals surface area contributed by atoms with Gasteiger partial charge in [-0.25, -0.2) is 0 Å². The molecule has 1 saturated heterocycles. The van der Waals surface area contributed by atoms with E-state index in [-0.39, 0.29) is 0 Å². The second-order valence-corrected chi connectivity index (χ2v) is 5.85. The van der Waals surface area contributed by atoms with Crippen LogP contribution in [0, 0.1) is 6.92 Å². The summed E-state index contributed by atoms with van der Waals surface area (Å²) in [6.07, 6.45) is 3.44. The van der Waals surface area contributed by atoms with Gasteiger partial charge in [0.15, 0.2) is 0 Å². The molecule has 20 heavy (non-hydrogen) atoms. The van der Waals surface area contributed by atoms with Crippen LogP contribution in [-0.4, -0.2) is 23.5 Å². The van der Waals surface area contributed by atoms with Gasteiger partial charge in [-0.3, -0.25) is 9.88 Å². The molecule has 2 aromatic rings. The molecule has 1 atom stereocenters. The van der Waals surface area contributed by atoms with E-state index >= 15 is 0 Å². The fraction of sp³-hybridized carbons (Fsp3) is 0.389. The average Bonchev–Trinajstić information content (AvgIpc) is 2.88. The maximum Gasteiger partial charge on any atom is 0.0578 e. The average molecular weight is 266 g/mol. The zero-order valence-corrected chi connectivity index (χ0v) is 12.3. The number of likely N-dealkylation sites (tertiary alicyclic amines) is 1. The predicted octanol–water partition coefficient (Wildman–Crippen LogP) is 3.75. The highest BCUT2D eigenvalue weighted by atomic mass is 15.2. The van der Waals surface area contributed by atoms with Crippen molar-refractivity contribution in [3.05, 3.63) is 65.0 Å². The topological polar surface area (TPSA) is 16.1 Å². The van der Waals surface area contributed by atoms with Crippen LogP contribution in [0.4, 0.5) is 0 Å². The van der Waals surface area contributed by atoms with Crippen LogP contribution in [0.3, 0.4) is 0 Å². The zero-order chi connectivity index (χ0) is 13.9. The third-order valence-corrected chi connectivity index (χ3v) is 4.20. The lowest BCUT2D eigenvalue weighted by Gasteiger charge is -2.19. The van der Waals surface area contributed by atoms with Gasteiger partial charge in [-0.15, -0.1) is 0 Å². The largest absolute Gasteiger partial charge is 0.298 e. The molecule has 3 rings (SSSR count). The van der Waals surface area contributed by atoms with E-state index in [1.807, 2.05) is 0 Å². The van der Waals surface area contributed by atoms with Crippen molar-refractivity contribution in [2.24, 2.45) is 0 Å². The second-order valence-electron chi connectivity index (χ2n) is 5.85. The van der Waals surface area contributed by atoms with Gasteiger partial charge in [0.1, 0.15) is 0 Å². The summed E-state index contributed by atoms with van der Waals surface area (Å²) in [6, 6.07) is 15.7. The highest BCUT2D eigenvalue weighted by Gasteiger charge is 2.23. The van der Waals surface area contributed by atoms with E-state index in [1.165, 1.54) is 41.9 Å². The molecule has 2 heteroatoms. The van der Waals surface area contributed by atoms with E-state index in [4.69, 9.17) is 4.98 Å². The molecule has 104 valence electrons. The van der Waals surface area contributed by atoms with Gasteiger partial charge >= 0.3 is 0 Å². The van der Waals surface area contributed by atoms with Crippen molar-refractivity contribution in [1.82, 2.24) is 9.88 Å². The summed E-state index contributed by atoms with van der Waals surface area (Å²) in [5.41, 5.74) is 5.05. The van der Waals surface area contributed by atoms with Crippen molar-refractivity contribution >= 4 is 0 Å². The van der Waals surface area contributed by atoms with Crippen LogP contribution in [0.15, 0.2) is 42.5 Å². The molecule has 0 aliphatic carbocycles.